The third-order valence-electron chi connectivity index (χ3n) is 2.61. The molecule has 0 saturated carbocycles. The fourth-order valence-corrected chi connectivity index (χ4v) is 1.55. The van der Waals surface area contributed by atoms with E-state index in [0.29, 0.717) is 5.92 Å². The minimum absolute atomic E-state index is 0.646. The van der Waals surface area contributed by atoms with Crippen LogP contribution in [0.4, 0.5) is 0 Å². The van der Waals surface area contributed by atoms with Gasteiger partial charge in [-0.3, -0.25) is 0 Å². The van der Waals surface area contributed by atoms with Crippen molar-refractivity contribution in [3.8, 4) is 0 Å². The normalized spacial score (nSPS) is 17.2. The van der Waals surface area contributed by atoms with E-state index in [1.165, 1.54) is 12.0 Å². The standard InChI is InChI=1S/C11H21P/c1-5-9(3)10(4)11(6-2)7-8-12/h6-7,9-10H,2,5,8,12H2,1,3-4H3. The maximum absolute atomic E-state index is 3.84. The Morgan fingerprint density at radius 1 is 1.50 bits per heavy atom. The second-order valence-corrected chi connectivity index (χ2v) is 3.79. The third-order valence-corrected chi connectivity index (χ3v) is 2.85. The number of hydrogen-bond donors (Lipinski definition) is 0. The van der Waals surface area contributed by atoms with Gasteiger partial charge in [0.15, 0.2) is 0 Å². The highest BCUT2D eigenvalue weighted by atomic mass is 31.0. The smallest absolute Gasteiger partial charge is 0.0168 e. The molecule has 0 radical (unpaired) electrons. The van der Waals surface area contributed by atoms with E-state index in [9.17, 15) is 0 Å². The van der Waals surface area contributed by atoms with Crippen molar-refractivity contribution in [3.05, 3.63) is 24.3 Å². The molecule has 3 atom stereocenters. The quantitative estimate of drug-likeness (QED) is 0.452. The van der Waals surface area contributed by atoms with Gasteiger partial charge >= 0.3 is 0 Å². The summed E-state index contributed by atoms with van der Waals surface area (Å²) in [5, 5.41) is 0. The van der Waals surface area contributed by atoms with Crippen LogP contribution in [0.15, 0.2) is 24.3 Å². The van der Waals surface area contributed by atoms with E-state index in [-0.39, 0.29) is 0 Å². The highest BCUT2D eigenvalue weighted by molar-refractivity contribution is 7.16. The van der Waals surface area contributed by atoms with Crippen LogP contribution < -0.4 is 0 Å². The molecule has 70 valence electrons. The molecule has 12 heavy (non-hydrogen) atoms. The Kier molecular flexibility index (Phi) is 6.38. The molecule has 1 heteroatoms. The number of rotatable bonds is 5. The van der Waals surface area contributed by atoms with E-state index in [4.69, 9.17) is 0 Å². The second kappa shape index (κ2) is 6.43. The van der Waals surface area contributed by atoms with Gasteiger partial charge in [0.25, 0.3) is 0 Å². The minimum Gasteiger partial charge on any atom is -0.134 e. The van der Waals surface area contributed by atoms with Gasteiger partial charge in [0, 0.05) is 0 Å². The average Bonchev–Trinajstić information content (AvgIpc) is 2.11. The number of allylic oxidation sites excluding steroid dienone is 3. The predicted molar refractivity (Wildman–Crippen MR) is 61.5 cm³/mol. The van der Waals surface area contributed by atoms with Crippen molar-refractivity contribution in [1.29, 1.82) is 0 Å². The zero-order valence-electron chi connectivity index (χ0n) is 8.51. The summed E-state index contributed by atoms with van der Waals surface area (Å²) >= 11 is 0. The summed E-state index contributed by atoms with van der Waals surface area (Å²) in [5.74, 6) is 1.40. The van der Waals surface area contributed by atoms with Gasteiger partial charge in [-0.2, -0.15) is 0 Å². The second-order valence-electron chi connectivity index (χ2n) is 3.32. The van der Waals surface area contributed by atoms with Gasteiger partial charge in [-0.15, -0.1) is 9.24 Å². The van der Waals surface area contributed by atoms with Gasteiger partial charge in [0.2, 0.25) is 0 Å². The van der Waals surface area contributed by atoms with Crippen LogP contribution in [-0.2, 0) is 0 Å². The van der Waals surface area contributed by atoms with Crippen LogP contribution in [0.25, 0.3) is 0 Å². The Bertz CT molecular complexity index is 158. The Morgan fingerprint density at radius 3 is 2.42 bits per heavy atom. The van der Waals surface area contributed by atoms with Gasteiger partial charge < -0.3 is 0 Å². The molecule has 0 saturated heterocycles. The molecule has 0 rings (SSSR count). The monoisotopic (exact) mass is 184 g/mol. The molecule has 0 N–H and O–H groups in total. The first-order valence-corrected chi connectivity index (χ1v) is 5.51. The van der Waals surface area contributed by atoms with Crippen LogP contribution in [0.2, 0.25) is 0 Å². The van der Waals surface area contributed by atoms with Gasteiger partial charge in [-0.05, 0) is 23.6 Å². The predicted octanol–water partition coefficient (Wildman–Crippen LogP) is 3.66. The largest absolute Gasteiger partial charge is 0.134 e. The summed E-state index contributed by atoms with van der Waals surface area (Å²) in [6.45, 7) is 10.7. The molecule has 0 aliphatic rings. The van der Waals surface area contributed by atoms with Gasteiger partial charge in [0.05, 0.1) is 0 Å². The van der Waals surface area contributed by atoms with Crippen molar-refractivity contribution in [2.45, 2.75) is 27.2 Å². The van der Waals surface area contributed by atoms with Crippen LogP contribution in [0.1, 0.15) is 27.2 Å². The molecule has 0 nitrogen and oxygen atoms in total. The van der Waals surface area contributed by atoms with E-state index < -0.39 is 0 Å². The van der Waals surface area contributed by atoms with Crippen molar-refractivity contribution < 1.29 is 0 Å². The van der Waals surface area contributed by atoms with Crippen molar-refractivity contribution in [1.82, 2.24) is 0 Å². The Morgan fingerprint density at radius 2 is 2.08 bits per heavy atom. The summed E-state index contributed by atoms with van der Waals surface area (Å²) in [4.78, 5) is 0. The summed E-state index contributed by atoms with van der Waals surface area (Å²) in [5.41, 5.74) is 1.39. The molecule has 0 spiro atoms. The first kappa shape index (κ1) is 11.9. The summed E-state index contributed by atoms with van der Waals surface area (Å²) in [6, 6.07) is 0. The van der Waals surface area contributed by atoms with Gasteiger partial charge in [0.1, 0.15) is 0 Å². The fraction of sp³-hybridized carbons (Fsp3) is 0.636. The maximum Gasteiger partial charge on any atom is -0.0168 e. The summed E-state index contributed by atoms with van der Waals surface area (Å²) in [7, 11) is 2.72. The van der Waals surface area contributed by atoms with E-state index >= 15 is 0 Å². The molecule has 0 aliphatic heterocycles. The zero-order valence-corrected chi connectivity index (χ0v) is 9.66. The summed E-state index contributed by atoms with van der Waals surface area (Å²) in [6.07, 6.45) is 6.50. The average molecular weight is 184 g/mol. The SMILES string of the molecule is C=CC(=CCP)C(C)C(C)CC. The highest BCUT2D eigenvalue weighted by Crippen LogP contribution is 2.23. The zero-order chi connectivity index (χ0) is 9.56. The first-order valence-electron chi connectivity index (χ1n) is 4.69. The lowest BCUT2D eigenvalue weighted by molar-refractivity contribution is 0.433. The molecule has 0 aromatic rings. The van der Waals surface area contributed by atoms with Crippen molar-refractivity contribution in [3.63, 3.8) is 0 Å². The lowest BCUT2D eigenvalue weighted by Gasteiger charge is -2.19. The van der Waals surface area contributed by atoms with Crippen LogP contribution in [-0.4, -0.2) is 6.16 Å². The van der Waals surface area contributed by atoms with Crippen molar-refractivity contribution in [2.24, 2.45) is 11.8 Å². The van der Waals surface area contributed by atoms with Crippen molar-refractivity contribution in [2.75, 3.05) is 6.16 Å². The molecule has 0 fully saturated rings. The molecule has 0 aromatic carbocycles. The highest BCUT2D eigenvalue weighted by Gasteiger charge is 2.11. The van der Waals surface area contributed by atoms with E-state index in [2.05, 4.69) is 42.7 Å². The van der Waals surface area contributed by atoms with Crippen LogP contribution in [0.5, 0.6) is 0 Å². The Balaban J connectivity index is 4.30. The lowest BCUT2D eigenvalue weighted by atomic mass is 9.87. The minimum atomic E-state index is 0.646. The third kappa shape index (κ3) is 3.54. The molecule has 0 aliphatic carbocycles. The van der Waals surface area contributed by atoms with E-state index in [1.54, 1.807) is 0 Å². The van der Waals surface area contributed by atoms with Crippen molar-refractivity contribution >= 4 is 9.24 Å². The van der Waals surface area contributed by atoms with Crippen LogP contribution >= 0.6 is 9.24 Å². The number of hydrogen-bond acceptors (Lipinski definition) is 0. The van der Waals surface area contributed by atoms with Crippen LogP contribution in [0.3, 0.4) is 0 Å². The molecular formula is C11H21P. The molecule has 0 aromatic heterocycles. The van der Waals surface area contributed by atoms with Crippen LogP contribution in [0, 0.1) is 11.8 Å². The molecule has 3 unspecified atom stereocenters. The first-order chi connectivity index (χ1) is 5.67. The van der Waals surface area contributed by atoms with E-state index in [0.717, 1.165) is 12.1 Å². The summed E-state index contributed by atoms with van der Waals surface area (Å²) < 4.78 is 0. The Hall–Kier alpha value is -0.0900. The van der Waals surface area contributed by atoms with Gasteiger partial charge in [-0.1, -0.05) is 45.9 Å². The Labute approximate surface area is 79.3 Å². The lowest BCUT2D eigenvalue weighted by Crippen LogP contribution is -2.08. The molecule has 0 bridgehead atoms. The molecule has 0 heterocycles. The molecular weight excluding hydrogens is 163 g/mol. The van der Waals surface area contributed by atoms with Gasteiger partial charge in [-0.25, -0.2) is 0 Å². The maximum atomic E-state index is 3.84. The topological polar surface area (TPSA) is 0 Å². The molecule has 0 amide bonds. The fourth-order valence-electron chi connectivity index (χ4n) is 1.27. The van der Waals surface area contributed by atoms with E-state index in [1.807, 2.05) is 6.08 Å².